The fourth-order valence-corrected chi connectivity index (χ4v) is 2.51. The molecule has 1 aromatic carbocycles. The first-order valence-electron chi connectivity index (χ1n) is 7.41. The van der Waals surface area contributed by atoms with Crippen molar-refractivity contribution in [3.05, 3.63) is 59.5 Å². The smallest absolute Gasteiger partial charge is 0.147 e. The molecule has 2 aromatic rings. The minimum absolute atomic E-state index is 0.819. The van der Waals surface area contributed by atoms with Gasteiger partial charge in [0.05, 0.1) is 6.21 Å². The van der Waals surface area contributed by atoms with Crippen molar-refractivity contribution in [2.45, 2.75) is 13.5 Å². The molecule has 0 aliphatic carbocycles. The average molecular weight is 283 g/mol. The van der Waals surface area contributed by atoms with E-state index in [2.05, 4.69) is 45.3 Å². The molecule has 110 valence electrons. The molecule has 0 spiro atoms. The number of rotatable bonds is 4. The van der Waals surface area contributed by atoms with E-state index in [0.29, 0.717) is 0 Å². The van der Waals surface area contributed by atoms with Crippen LogP contribution >= 0.6 is 0 Å². The minimum Gasteiger partial charge on any atom is -0.460 e. The maximum absolute atomic E-state index is 5.49. The molecule has 0 radical (unpaired) electrons. The average Bonchev–Trinajstić information content (AvgIpc) is 2.93. The zero-order chi connectivity index (χ0) is 14.5. The Balaban J connectivity index is 1.48. The van der Waals surface area contributed by atoms with Crippen molar-refractivity contribution in [1.29, 1.82) is 0 Å². The van der Waals surface area contributed by atoms with Crippen molar-refractivity contribution < 1.29 is 4.42 Å². The summed E-state index contributed by atoms with van der Waals surface area (Å²) in [4.78, 5) is 2.47. The third-order valence-corrected chi connectivity index (χ3v) is 3.71. The van der Waals surface area contributed by atoms with Crippen molar-refractivity contribution in [1.82, 2.24) is 9.91 Å². The van der Waals surface area contributed by atoms with Gasteiger partial charge in [-0.1, -0.05) is 30.3 Å². The van der Waals surface area contributed by atoms with Crippen molar-refractivity contribution in [2.75, 3.05) is 26.2 Å². The second-order valence-electron chi connectivity index (χ2n) is 5.41. The van der Waals surface area contributed by atoms with Gasteiger partial charge >= 0.3 is 0 Å². The summed E-state index contributed by atoms with van der Waals surface area (Å²) in [5.74, 6) is 1.74. The summed E-state index contributed by atoms with van der Waals surface area (Å²) >= 11 is 0. The summed E-state index contributed by atoms with van der Waals surface area (Å²) in [6.07, 6.45) is 1.81. The SMILES string of the molecule is Cc1ccc(/C=N/N2CCN(Cc3ccccc3)CC2)o1. The van der Waals surface area contributed by atoms with Crippen LogP contribution in [-0.2, 0) is 6.54 Å². The van der Waals surface area contributed by atoms with Gasteiger partial charge in [0.15, 0.2) is 0 Å². The van der Waals surface area contributed by atoms with Crippen LogP contribution in [0.3, 0.4) is 0 Å². The van der Waals surface area contributed by atoms with Gasteiger partial charge < -0.3 is 4.42 Å². The van der Waals surface area contributed by atoms with Crippen LogP contribution in [0.2, 0.25) is 0 Å². The number of nitrogens with zero attached hydrogens (tertiary/aromatic N) is 3. The Bertz CT molecular complexity index is 583. The number of benzene rings is 1. The highest BCUT2D eigenvalue weighted by molar-refractivity contribution is 5.75. The second kappa shape index (κ2) is 6.59. The number of hydrogen-bond acceptors (Lipinski definition) is 4. The zero-order valence-corrected chi connectivity index (χ0v) is 12.4. The molecule has 1 aliphatic rings. The molecule has 0 N–H and O–H groups in total. The minimum atomic E-state index is 0.819. The maximum atomic E-state index is 5.49. The summed E-state index contributed by atoms with van der Waals surface area (Å²) in [7, 11) is 0. The topological polar surface area (TPSA) is 32.0 Å². The van der Waals surface area contributed by atoms with Gasteiger partial charge in [-0.2, -0.15) is 5.10 Å². The lowest BCUT2D eigenvalue weighted by atomic mass is 10.2. The van der Waals surface area contributed by atoms with Crippen LogP contribution in [0.25, 0.3) is 0 Å². The molecule has 0 unspecified atom stereocenters. The van der Waals surface area contributed by atoms with Crippen LogP contribution in [0, 0.1) is 6.92 Å². The first-order valence-corrected chi connectivity index (χ1v) is 7.41. The standard InChI is InChI=1S/C17H21N3O/c1-15-7-8-17(21-15)13-18-20-11-9-19(10-12-20)14-16-5-3-2-4-6-16/h2-8,13H,9-12,14H2,1H3/b18-13+. The molecule has 0 bridgehead atoms. The highest BCUT2D eigenvalue weighted by Gasteiger charge is 2.15. The number of furan rings is 1. The van der Waals surface area contributed by atoms with Gasteiger partial charge in [-0.05, 0) is 24.6 Å². The van der Waals surface area contributed by atoms with E-state index in [9.17, 15) is 0 Å². The highest BCUT2D eigenvalue weighted by Crippen LogP contribution is 2.09. The lowest BCUT2D eigenvalue weighted by Gasteiger charge is -2.32. The third-order valence-electron chi connectivity index (χ3n) is 3.71. The molecule has 0 saturated carbocycles. The Morgan fingerprint density at radius 1 is 1.05 bits per heavy atom. The van der Waals surface area contributed by atoms with E-state index in [-0.39, 0.29) is 0 Å². The number of hydrogen-bond donors (Lipinski definition) is 0. The van der Waals surface area contributed by atoms with Gasteiger partial charge in [-0.25, -0.2) is 0 Å². The first-order chi connectivity index (χ1) is 10.3. The van der Waals surface area contributed by atoms with Gasteiger partial charge in [0, 0.05) is 32.7 Å². The number of piperazine rings is 1. The van der Waals surface area contributed by atoms with Crippen molar-refractivity contribution in [3.63, 3.8) is 0 Å². The molecule has 4 nitrogen and oxygen atoms in total. The summed E-state index contributed by atoms with van der Waals surface area (Å²) < 4.78 is 5.49. The lowest BCUT2D eigenvalue weighted by molar-refractivity contribution is 0.131. The fourth-order valence-electron chi connectivity index (χ4n) is 2.51. The number of aryl methyl sites for hydroxylation is 1. The molecule has 1 saturated heterocycles. The molecule has 0 atom stereocenters. The summed E-state index contributed by atoms with van der Waals surface area (Å²) in [6, 6.07) is 14.5. The molecule has 3 rings (SSSR count). The first kappa shape index (κ1) is 13.9. The Labute approximate surface area is 125 Å². The molecular weight excluding hydrogens is 262 g/mol. The molecule has 21 heavy (non-hydrogen) atoms. The molecule has 0 amide bonds. The van der Waals surface area contributed by atoms with Gasteiger partial charge in [0.1, 0.15) is 11.5 Å². The van der Waals surface area contributed by atoms with Crippen LogP contribution in [0.15, 0.2) is 52.0 Å². The number of hydrazone groups is 1. The van der Waals surface area contributed by atoms with Gasteiger partial charge in [-0.3, -0.25) is 9.91 Å². The lowest BCUT2D eigenvalue weighted by Crippen LogP contribution is -2.43. The van der Waals surface area contributed by atoms with Crippen LogP contribution < -0.4 is 0 Å². The van der Waals surface area contributed by atoms with E-state index in [1.54, 1.807) is 6.21 Å². The monoisotopic (exact) mass is 283 g/mol. The van der Waals surface area contributed by atoms with E-state index >= 15 is 0 Å². The van der Waals surface area contributed by atoms with Gasteiger partial charge in [0.2, 0.25) is 0 Å². The molecule has 4 heteroatoms. The Hall–Kier alpha value is -2.07. The van der Waals surface area contributed by atoms with Crippen LogP contribution in [0.5, 0.6) is 0 Å². The van der Waals surface area contributed by atoms with Crippen LogP contribution in [0.1, 0.15) is 17.1 Å². The third kappa shape index (κ3) is 3.95. The molecular formula is C17H21N3O. The summed E-state index contributed by atoms with van der Waals surface area (Å²) in [5, 5.41) is 6.61. The zero-order valence-electron chi connectivity index (χ0n) is 12.4. The predicted molar refractivity (Wildman–Crippen MR) is 84.3 cm³/mol. The quantitative estimate of drug-likeness (QED) is 0.809. The summed E-state index contributed by atoms with van der Waals surface area (Å²) in [5.41, 5.74) is 1.38. The second-order valence-corrected chi connectivity index (χ2v) is 5.41. The van der Waals surface area contributed by atoms with E-state index < -0.39 is 0 Å². The normalized spacial score (nSPS) is 16.7. The van der Waals surface area contributed by atoms with Gasteiger partial charge in [-0.15, -0.1) is 0 Å². The largest absolute Gasteiger partial charge is 0.460 e. The summed E-state index contributed by atoms with van der Waals surface area (Å²) in [6.45, 7) is 6.98. The maximum Gasteiger partial charge on any atom is 0.147 e. The Morgan fingerprint density at radius 3 is 2.48 bits per heavy atom. The highest BCUT2D eigenvalue weighted by atomic mass is 16.3. The van der Waals surface area contributed by atoms with E-state index in [1.165, 1.54) is 5.56 Å². The van der Waals surface area contributed by atoms with Crippen LogP contribution in [0.4, 0.5) is 0 Å². The van der Waals surface area contributed by atoms with Gasteiger partial charge in [0.25, 0.3) is 0 Å². The fraction of sp³-hybridized carbons (Fsp3) is 0.353. The molecule has 1 aliphatic heterocycles. The molecule has 2 heterocycles. The van der Waals surface area contributed by atoms with E-state index in [1.807, 2.05) is 19.1 Å². The van der Waals surface area contributed by atoms with Crippen molar-refractivity contribution >= 4 is 6.21 Å². The van der Waals surface area contributed by atoms with E-state index in [0.717, 1.165) is 44.2 Å². The van der Waals surface area contributed by atoms with Crippen molar-refractivity contribution in [3.8, 4) is 0 Å². The van der Waals surface area contributed by atoms with Crippen LogP contribution in [-0.4, -0.2) is 42.3 Å². The Morgan fingerprint density at radius 2 is 1.81 bits per heavy atom. The predicted octanol–water partition coefficient (Wildman–Crippen LogP) is 2.74. The molecule has 1 aromatic heterocycles. The molecule has 1 fully saturated rings. The van der Waals surface area contributed by atoms with E-state index in [4.69, 9.17) is 4.42 Å². The Kier molecular flexibility index (Phi) is 4.36. The van der Waals surface area contributed by atoms with Crippen molar-refractivity contribution in [2.24, 2.45) is 5.10 Å².